The maximum Gasteiger partial charge on any atom is 0.186 e. The Morgan fingerprint density at radius 3 is 2.20 bits per heavy atom. The molecule has 1 aromatic rings. The lowest BCUT2D eigenvalue weighted by Gasteiger charge is -2.04. The van der Waals surface area contributed by atoms with E-state index in [2.05, 4.69) is 5.32 Å². The smallest absolute Gasteiger partial charge is 0.186 e. The Hall–Kier alpha value is -0.760. The Morgan fingerprint density at radius 1 is 1.13 bits per heavy atom. The summed E-state index contributed by atoms with van der Waals surface area (Å²) >= 11 is -3.77. The van der Waals surface area contributed by atoms with E-state index in [0.29, 0.717) is 11.4 Å². The molecule has 0 amide bonds. The predicted octanol–water partition coefficient (Wildman–Crippen LogP) is 0.901. The number of anilines is 1. The highest BCUT2D eigenvalue weighted by Gasteiger charge is 1.99. The lowest BCUT2D eigenvalue weighted by Crippen LogP contribution is -2.09. The maximum absolute atomic E-state index is 10.6. The van der Waals surface area contributed by atoms with Crippen molar-refractivity contribution in [2.45, 2.75) is 4.90 Å². The van der Waals surface area contributed by atoms with Crippen molar-refractivity contribution in [2.75, 3.05) is 17.6 Å². The quantitative estimate of drug-likeness (QED) is 0.675. The first-order valence-electron chi connectivity index (χ1n) is 4.12. The molecule has 0 aliphatic carbocycles. The minimum absolute atomic E-state index is 0.147. The topological polar surface area (TPSA) is 86.6 Å². The number of benzene rings is 1. The summed E-state index contributed by atoms with van der Waals surface area (Å²) in [5.41, 5.74) is 0.745. The van der Waals surface area contributed by atoms with Crippen LogP contribution in [0.4, 0.5) is 5.69 Å². The molecule has 5 nitrogen and oxygen atoms in total. The zero-order valence-electron chi connectivity index (χ0n) is 7.75. The first-order chi connectivity index (χ1) is 7.09. The summed E-state index contributed by atoms with van der Waals surface area (Å²) in [5, 5.41) is 2.91. The Balaban J connectivity index is 2.50. The number of hydrogen-bond donors (Lipinski definition) is 3. The molecular formula is C8H11NO4S2. The summed E-state index contributed by atoms with van der Waals surface area (Å²) in [5.74, 6) is 0.147. The monoisotopic (exact) mass is 249 g/mol. The minimum atomic E-state index is -1.97. The zero-order valence-corrected chi connectivity index (χ0v) is 9.38. The number of nitrogens with one attached hydrogen (secondary N) is 1. The van der Waals surface area contributed by atoms with Gasteiger partial charge in [-0.25, -0.2) is 8.42 Å². The number of rotatable bonds is 5. The van der Waals surface area contributed by atoms with E-state index in [1.165, 1.54) is 12.1 Å². The van der Waals surface area contributed by atoms with Crippen molar-refractivity contribution in [3.63, 3.8) is 0 Å². The normalized spacial score (nSPS) is 14.5. The van der Waals surface area contributed by atoms with E-state index in [0.717, 1.165) is 5.69 Å². The highest BCUT2D eigenvalue weighted by molar-refractivity contribution is 7.79. The summed E-state index contributed by atoms with van der Waals surface area (Å²) in [6.07, 6.45) is 0. The molecule has 0 bridgehead atoms. The molecule has 0 fully saturated rings. The predicted molar refractivity (Wildman–Crippen MR) is 59.6 cm³/mol. The van der Waals surface area contributed by atoms with Gasteiger partial charge in [0.1, 0.15) is 0 Å². The van der Waals surface area contributed by atoms with E-state index in [9.17, 15) is 8.42 Å². The molecule has 0 saturated heterocycles. The molecule has 3 N–H and O–H groups in total. The van der Waals surface area contributed by atoms with Crippen molar-refractivity contribution < 1.29 is 17.5 Å². The van der Waals surface area contributed by atoms with Crippen LogP contribution in [0, 0.1) is 0 Å². The third-order valence-electron chi connectivity index (χ3n) is 1.66. The SMILES string of the molecule is O=S(O)CCNc1ccc(S(=O)O)cc1. The van der Waals surface area contributed by atoms with Crippen molar-refractivity contribution in [3.05, 3.63) is 24.3 Å². The molecular weight excluding hydrogens is 238 g/mol. The van der Waals surface area contributed by atoms with Gasteiger partial charge in [0.25, 0.3) is 0 Å². The molecule has 15 heavy (non-hydrogen) atoms. The van der Waals surface area contributed by atoms with E-state index in [4.69, 9.17) is 9.11 Å². The standard InChI is InChI=1S/C8H11NO4S2/c10-14(11)6-5-9-7-1-3-8(4-2-7)15(12)13/h1-4,9H,5-6H2,(H,10,11)(H,12,13). The summed E-state index contributed by atoms with van der Waals surface area (Å²) in [6, 6.07) is 6.33. The van der Waals surface area contributed by atoms with Gasteiger partial charge in [-0.15, -0.1) is 0 Å². The van der Waals surface area contributed by atoms with Crippen LogP contribution in [0.5, 0.6) is 0 Å². The summed E-state index contributed by atoms with van der Waals surface area (Å²) in [6.45, 7) is 0.380. The molecule has 2 unspecified atom stereocenters. The Bertz CT molecular complexity index is 365. The summed E-state index contributed by atoms with van der Waals surface area (Å²) < 4.78 is 38.2. The second-order valence-corrected chi connectivity index (χ2v) is 4.75. The molecule has 0 radical (unpaired) electrons. The van der Waals surface area contributed by atoms with Gasteiger partial charge in [-0.2, -0.15) is 0 Å². The molecule has 0 aliphatic rings. The second-order valence-electron chi connectivity index (χ2n) is 2.73. The van der Waals surface area contributed by atoms with Crippen molar-refractivity contribution in [3.8, 4) is 0 Å². The molecule has 0 spiro atoms. The Morgan fingerprint density at radius 2 is 1.73 bits per heavy atom. The Labute approximate surface area is 92.5 Å². The van der Waals surface area contributed by atoms with Gasteiger partial charge in [-0.3, -0.25) is 0 Å². The van der Waals surface area contributed by atoms with Gasteiger partial charge in [0.2, 0.25) is 0 Å². The molecule has 2 atom stereocenters. The van der Waals surface area contributed by atoms with Gasteiger partial charge in [0.05, 0.1) is 10.6 Å². The van der Waals surface area contributed by atoms with Gasteiger partial charge in [-0.1, -0.05) is 0 Å². The van der Waals surface area contributed by atoms with Crippen LogP contribution in [-0.2, 0) is 22.2 Å². The molecule has 84 valence electrons. The maximum atomic E-state index is 10.6. The van der Waals surface area contributed by atoms with E-state index in [1.807, 2.05) is 0 Å². The third kappa shape index (κ3) is 4.52. The van der Waals surface area contributed by atoms with Crippen LogP contribution in [-0.4, -0.2) is 29.8 Å². The van der Waals surface area contributed by atoms with Crippen molar-refractivity contribution in [1.29, 1.82) is 0 Å². The van der Waals surface area contributed by atoms with Gasteiger partial charge in [-0.05, 0) is 24.3 Å². The third-order valence-corrected chi connectivity index (χ3v) is 2.89. The van der Waals surface area contributed by atoms with Crippen LogP contribution < -0.4 is 5.32 Å². The molecule has 0 saturated carbocycles. The van der Waals surface area contributed by atoms with Crippen molar-refractivity contribution >= 4 is 27.8 Å². The average Bonchev–Trinajstić information content (AvgIpc) is 2.18. The van der Waals surface area contributed by atoms with Crippen LogP contribution in [0.15, 0.2) is 29.2 Å². The first-order valence-corrected chi connectivity index (χ1v) is 6.50. The average molecular weight is 249 g/mol. The van der Waals surface area contributed by atoms with Crippen LogP contribution >= 0.6 is 0 Å². The fourth-order valence-electron chi connectivity index (χ4n) is 0.972. The van der Waals surface area contributed by atoms with E-state index < -0.39 is 22.2 Å². The summed E-state index contributed by atoms with van der Waals surface area (Å²) in [4.78, 5) is 0.325. The highest BCUT2D eigenvalue weighted by Crippen LogP contribution is 2.11. The summed E-state index contributed by atoms with van der Waals surface area (Å²) in [7, 11) is 0. The molecule has 0 aromatic heterocycles. The lowest BCUT2D eigenvalue weighted by molar-refractivity contribution is 0.563. The molecule has 1 aromatic carbocycles. The largest absolute Gasteiger partial charge is 0.384 e. The van der Waals surface area contributed by atoms with Crippen LogP contribution in [0.1, 0.15) is 0 Å². The minimum Gasteiger partial charge on any atom is -0.384 e. The number of hydrogen-bond acceptors (Lipinski definition) is 3. The molecule has 1 rings (SSSR count). The highest BCUT2D eigenvalue weighted by atomic mass is 32.2. The molecule has 0 aliphatic heterocycles. The van der Waals surface area contributed by atoms with Crippen LogP contribution in [0.2, 0.25) is 0 Å². The fraction of sp³-hybridized carbons (Fsp3) is 0.250. The molecule has 0 heterocycles. The molecule has 7 heteroatoms. The van der Waals surface area contributed by atoms with Crippen molar-refractivity contribution in [2.24, 2.45) is 0 Å². The van der Waals surface area contributed by atoms with E-state index >= 15 is 0 Å². The van der Waals surface area contributed by atoms with E-state index in [1.54, 1.807) is 12.1 Å². The van der Waals surface area contributed by atoms with Gasteiger partial charge in [0.15, 0.2) is 22.2 Å². The first kappa shape index (κ1) is 12.3. The van der Waals surface area contributed by atoms with Gasteiger partial charge >= 0.3 is 0 Å². The second kappa shape index (κ2) is 5.96. The van der Waals surface area contributed by atoms with Crippen LogP contribution in [0.3, 0.4) is 0 Å². The zero-order chi connectivity index (χ0) is 11.3. The van der Waals surface area contributed by atoms with Crippen LogP contribution in [0.25, 0.3) is 0 Å². The fourth-order valence-corrected chi connectivity index (χ4v) is 1.62. The van der Waals surface area contributed by atoms with Gasteiger partial charge < -0.3 is 14.4 Å². The lowest BCUT2D eigenvalue weighted by atomic mass is 10.3. The Kier molecular flexibility index (Phi) is 4.89. The van der Waals surface area contributed by atoms with Crippen molar-refractivity contribution in [1.82, 2.24) is 0 Å². The van der Waals surface area contributed by atoms with Gasteiger partial charge in [0, 0.05) is 12.2 Å². The van der Waals surface area contributed by atoms with E-state index in [-0.39, 0.29) is 5.75 Å².